The Morgan fingerprint density at radius 3 is 2.15 bits per heavy atom. The fourth-order valence-electron chi connectivity index (χ4n) is 7.81. The SMILES string of the molecule is Cc1ccoc1-c1ccc([C@H](C)NC(=O)[C@@H]2C[C@@H](O)CN2C(=O)[C@@H](NC(=O)COCCOCCOCCOc2ccc(Oc3c(-c4ccc(Cl)cc4)sc4cc(O)ccc34)cc2)C(C)(C)C)cc1. The van der Waals surface area contributed by atoms with Gasteiger partial charge in [0.15, 0.2) is 5.75 Å². The number of thiophene rings is 1. The van der Waals surface area contributed by atoms with Gasteiger partial charge in [0.2, 0.25) is 17.7 Å². The van der Waals surface area contributed by atoms with E-state index in [0.717, 1.165) is 43.0 Å². The molecule has 0 saturated carbocycles. The van der Waals surface area contributed by atoms with Crippen LogP contribution in [0.1, 0.15) is 51.3 Å². The molecule has 0 spiro atoms. The summed E-state index contributed by atoms with van der Waals surface area (Å²) in [6.07, 6.45) is 0.836. The van der Waals surface area contributed by atoms with Crippen molar-refractivity contribution in [3.8, 4) is 44.8 Å². The summed E-state index contributed by atoms with van der Waals surface area (Å²) in [5, 5.41) is 28.0. The normalized spacial score (nSPS) is 15.8. The Morgan fingerprint density at radius 1 is 0.838 bits per heavy atom. The minimum Gasteiger partial charge on any atom is -0.508 e. The number of ether oxygens (including phenoxy) is 5. The number of hydrogen-bond donors (Lipinski definition) is 4. The van der Waals surface area contributed by atoms with Crippen LogP contribution in [-0.2, 0) is 28.6 Å². The molecular weight excluding hydrogens is 910 g/mol. The highest BCUT2D eigenvalue weighted by Gasteiger charge is 2.44. The third kappa shape index (κ3) is 13.0. The first-order valence-corrected chi connectivity index (χ1v) is 23.7. The number of phenols is 1. The molecule has 3 amide bonds. The van der Waals surface area contributed by atoms with Crippen LogP contribution >= 0.6 is 22.9 Å². The van der Waals surface area contributed by atoms with Gasteiger partial charge in [0, 0.05) is 33.6 Å². The maximum Gasteiger partial charge on any atom is 0.246 e. The van der Waals surface area contributed by atoms with Crippen LogP contribution in [0.3, 0.4) is 0 Å². The molecule has 68 heavy (non-hydrogen) atoms. The fourth-order valence-corrected chi connectivity index (χ4v) is 9.10. The standard InChI is InChI=1S/C52H58ClN3O11S/c1-32-20-21-66-46(32)35-8-6-34(7-9-35)33(2)54-50(60)43-28-39(58)30-56(43)51(61)49(52(3,4)5)55-45(59)31-64-25-24-62-22-23-63-26-27-65-40-15-17-41(18-16-40)67-47-42-19-14-38(57)29-44(42)68-48(47)36-10-12-37(53)13-11-36/h6-21,29,33,39,43,49,57-58H,22-28,30-31H2,1-5H3,(H,54,60)(H,55,59)/t33-,39+,43-,49+/m0/s1. The number of furan rings is 1. The van der Waals surface area contributed by atoms with Crippen molar-refractivity contribution >= 4 is 50.7 Å². The van der Waals surface area contributed by atoms with Crippen molar-refractivity contribution in [2.75, 3.05) is 52.8 Å². The number of halogens is 1. The molecule has 14 nitrogen and oxygen atoms in total. The van der Waals surface area contributed by atoms with E-state index in [1.165, 1.54) is 16.2 Å². The highest BCUT2D eigenvalue weighted by molar-refractivity contribution is 7.22. The lowest BCUT2D eigenvalue weighted by Crippen LogP contribution is -2.58. The average Bonchev–Trinajstić information content (AvgIpc) is 4.03. The number of amides is 3. The quantitative estimate of drug-likeness (QED) is 0.0506. The summed E-state index contributed by atoms with van der Waals surface area (Å²) in [5.41, 5.74) is 3.06. The second-order valence-corrected chi connectivity index (χ2v) is 19.2. The number of benzene rings is 4. The van der Waals surface area contributed by atoms with Gasteiger partial charge in [0.05, 0.1) is 56.3 Å². The van der Waals surface area contributed by atoms with Gasteiger partial charge in [0.1, 0.15) is 48.3 Å². The lowest BCUT2D eigenvalue weighted by atomic mass is 9.85. The Morgan fingerprint density at radius 2 is 1.49 bits per heavy atom. The van der Waals surface area contributed by atoms with Crippen LogP contribution in [0, 0.1) is 12.3 Å². The molecule has 0 unspecified atom stereocenters. The summed E-state index contributed by atoms with van der Waals surface area (Å²) in [7, 11) is 0. The minimum absolute atomic E-state index is 0.0311. The number of hydrogen-bond acceptors (Lipinski definition) is 12. The van der Waals surface area contributed by atoms with Gasteiger partial charge in [0.25, 0.3) is 0 Å². The van der Waals surface area contributed by atoms with Crippen LogP contribution < -0.4 is 20.1 Å². The maximum absolute atomic E-state index is 14.0. The number of aryl methyl sites for hydroxylation is 1. The predicted molar refractivity (Wildman–Crippen MR) is 261 cm³/mol. The lowest BCUT2D eigenvalue weighted by Gasteiger charge is -2.35. The monoisotopic (exact) mass is 967 g/mol. The highest BCUT2D eigenvalue weighted by atomic mass is 35.5. The van der Waals surface area contributed by atoms with Gasteiger partial charge in [-0.25, -0.2) is 0 Å². The molecule has 0 aliphatic carbocycles. The number of phenolic OH excluding ortho intramolecular Hbond substituents is 1. The van der Waals surface area contributed by atoms with E-state index in [1.54, 1.807) is 18.4 Å². The van der Waals surface area contributed by atoms with Gasteiger partial charge in [-0.05, 0) is 96.6 Å². The minimum atomic E-state index is -0.982. The molecule has 0 radical (unpaired) electrons. The summed E-state index contributed by atoms with van der Waals surface area (Å²) in [6, 6.07) is 27.4. The third-order valence-electron chi connectivity index (χ3n) is 11.4. The molecule has 6 aromatic rings. The van der Waals surface area contributed by atoms with Gasteiger partial charge in [-0.1, -0.05) is 68.8 Å². The van der Waals surface area contributed by atoms with Crippen LogP contribution in [0.2, 0.25) is 5.02 Å². The summed E-state index contributed by atoms with van der Waals surface area (Å²) < 4.78 is 35.5. The van der Waals surface area contributed by atoms with E-state index >= 15 is 0 Å². The number of carbonyl (C=O) groups excluding carboxylic acids is 3. The molecule has 1 aliphatic heterocycles. The van der Waals surface area contributed by atoms with Gasteiger partial charge >= 0.3 is 0 Å². The smallest absolute Gasteiger partial charge is 0.246 e. The second-order valence-electron chi connectivity index (χ2n) is 17.7. The number of nitrogens with zero attached hydrogens (tertiary/aromatic N) is 1. The van der Waals surface area contributed by atoms with Gasteiger partial charge in [-0.2, -0.15) is 0 Å². The van der Waals surface area contributed by atoms with Crippen molar-refractivity contribution in [1.82, 2.24) is 15.5 Å². The van der Waals surface area contributed by atoms with Gasteiger partial charge < -0.3 is 53.8 Å². The third-order valence-corrected chi connectivity index (χ3v) is 12.9. The lowest BCUT2D eigenvalue weighted by molar-refractivity contribution is -0.144. The first-order valence-electron chi connectivity index (χ1n) is 22.5. The Labute approximate surface area is 405 Å². The van der Waals surface area contributed by atoms with Gasteiger partial charge in [-0.3, -0.25) is 14.4 Å². The van der Waals surface area contributed by atoms with Crippen molar-refractivity contribution < 1.29 is 52.7 Å². The summed E-state index contributed by atoms with van der Waals surface area (Å²) >= 11 is 7.66. The zero-order valence-electron chi connectivity index (χ0n) is 38.8. The van der Waals surface area contributed by atoms with Gasteiger partial charge in [-0.15, -0.1) is 11.3 Å². The Hall–Kier alpha value is -5.94. The molecule has 1 fully saturated rings. The van der Waals surface area contributed by atoms with Crippen LogP contribution in [-0.4, -0.2) is 104 Å². The summed E-state index contributed by atoms with van der Waals surface area (Å²) in [4.78, 5) is 42.9. The number of rotatable bonds is 21. The molecule has 3 heterocycles. The number of nitrogens with one attached hydrogen (secondary N) is 2. The number of fused-ring (bicyclic) bond motifs is 1. The van der Waals surface area contributed by atoms with Crippen molar-refractivity contribution in [2.24, 2.45) is 5.41 Å². The second kappa shape index (κ2) is 22.9. The number of β-amino-alcohol motifs (C(OH)–C–C–N with tert-alkyl or cyclic N) is 1. The van der Waals surface area contributed by atoms with E-state index in [-0.39, 0.29) is 50.5 Å². The van der Waals surface area contributed by atoms with Crippen molar-refractivity contribution in [1.29, 1.82) is 0 Å². The molecule has 1 aliphatic rings. The molecule has 4 N–H and O–H groups in total. The Bertz CT molecular complexity index is 2630. The Kier molecular flexibility index (Phi) is 16.8. The number of aromatic hydroxyl groups is 1. The molecule has 7 rings (SSSR count). The zero-order valence-corrected chi connectivity index (χ0v) is 40.4. The van der Waals surface area contributed by atoms with Crippen molar-refractivity contribution in [3.63, 3.8) is 0 Å². The molecule has 0 bridgehead atoms. The maximum atomic E-state index is 14.0. The van der Waals surface area contributed by atoms with E-state index in [4.69, 9.17) is 39.7 Å². The molecule has 4 atom stereocenters. The highest BCUT2D eigenvalue weighted by Crippen LogP contribution is 2.47. The van der Waals surface area contributed by atoms with Crippen LogP contribution in [0.5, 0.6) is 23.0 Å². The Balaban J connectivity index is 0.780. The average molecular weight is 969 g/mol. The number of likely N-dealkylation sites (tertiary alicyclic amines) is 1. The molecular formula is C52H58ClN3O11S. The van der Waals surface area contributed by atoms with E-state index in [2.05, 4.69) is 10.6 Å². The predicted octanol–water partition coefficient (Wildman–Crippen LogP) is 9.09. The van der Waals surface area contributed by atoms with Crippen molar-refractivity contribution in [2.45, 2.75) is 65.3 Å². The first kappa shape index (κ1) is 50.0. The van der Waals surface area contributed by atoms with Crippen LogP contribution in [0.15, 0.2) is 108 Å². The van der Waals surface area contributed by atoms with Crippen LogP contribution in [0.4, 0.5) is 0 Å². The molecule has 16 heteroatoms. The van der Waals surface area contributed by atoms with Crippen molar-refractivity contribution in [3.05, 3.63) is 119 Å². The number of aliphatic hydroxyl groups excluding tert-OH is 1. The number of carbonyl (C=O) groups is 3. The summed E-state index contributed by atoms with van der Waals surface area (Å²) in [6.45, 7) is 10.6. The van der Waals surface area contributed by atoms with Crippen LogP contribution in [0.25, 0.3) is 31.9 Å². The fraction of sp³-hybridized carbons (Fsp3) is 0.365. The topological polar surface area (TPSA) is 178 Å². The molecule has 4 aromatic carbocycles. The summed E-state index contributed by atoms with van der Waals surface area (Å²) in [5.74, 6) is 1.61. The first-order chi connectivity index (χ1) is 32.6. The molecule has 2 aromatic heterocycles. The molecule has 360 valence electrons. The zero-order chi connectivity index (χ0) is 48.4. The van der Waals surface area contributed by atoms with E-state index in [0.29, 0.717) is 48.7 Å². The molecule has 1 saturated heterocycles. The largest absolute Gasteiger partial charge is 0.508 e. The number of aliphatic hydroxyl groups is 1. The van der Waals surface area contributed by atoms with E-state index in [1.807, 2.05) is 120 Å². The van der Waals surface area contributed by atoms with E-state index < -0.39 is 35.4 Å². The van der Waals surface area contributed by atoms with E-state index in [9.17, 15) is 24.6 Å².